The zero-order valence-corrected chi connectivity index (χ0v) is 19.8. The number of hydrogen-bond donors (Lipinski definition) is 0. The summed E-state index contributed by atoms with van der Waals surface area (Å²) in [6, 6.07) is 9.34. The van der Waals surface area contributed by atoms with E-state index in [4.69, 9.17) is 0 Å². The van der Waals surface area contributed by atoms with Gasteiger partial charge in [0.25, 0.3) is 0 Å². The summed E-state index contributed by atoms with van der Waals surface area (Å²) in [6.45, 7) is 0. The van der Waals surface area contributed by atoms with Gasteiger partial charge in [-0.05, 0) is 47.0 Å². The molecule has 1 nitrogen and oxygen atoms in total. The van der Waals surface area contributed by atoms with Crippen molar-refractivity contribution >= 4 is 34.9 Å². The van der Waals surface area contributed by atoms with E-state index in [0.717, 1.165) is 6.07 Å². The number of aromatic nitrogens is 1. The maximum atomic E-state index is 14.1. The van der Waals surface area contributed by atoms with E-state index in [0.29, 0.717) is 17.5 Å². The van der Waals surface area contributed by atoms with E-state index in [1.165, 1.54) is 18.2 Å². The van der Waals surface area contributed by atoms with Gasteiger partial charge < -0.3 is 0 Å². The van der Waals surface area contributed by atoms with Gasteiger partial charge in [-0.25, -0.2) is 4.98 Å². The van der Waals surface area contributed by atoms with Crippen molar-refractivity contribution in [1.29, 1.82) is 0 Å². The minimum Gasteiger partial charge on any atom is -0.247 e. The molecule has 0 aliphatic rings. The van der Waals surface area contributed by atoms with Crippen molar-refractivity contribution in [3.8, 4) is 0 Å². The first kappa shape index (κ1) is 28.7. The smallest absolute Gasteiger partial charge is 0.247 e. The number of para-hydroxylation sites is 1. The summed E-state index contributed by atoms with van der Waals surface area (Å²) in [7, 11) is -3.07. The normalized spacial score (nSPS) is 13.4. The van der Waals surface area contributed by atoms with Crippen LogP contribution in [-0.4, -0.2) is 4.98 Å². The second-order valence-electron chi connectivity index (χ2n) is 8.15. The molecule has 14 heteroatoms. The summed E-state index contributed by atoms with van der Waals surface area (Å²) < 4.78 is 164. The molecule has 0 amide bonds. The van der Waals surface area contributed by atoms with Crippen molar-refractivity contribution in [3.63, 3.8) is 0 Å². The lowest BCUT2D eigenvalue weighted by molar-refractivity contribution is -0.144. The average molecular weight is 585 g/mol. The summed E-state index contributed by atoms with van der Waals surface area (Å²) >= 11 is 0. The molecule has 0 saturated carbocycles. The first-order valence-corrected chi connectivity index (χ1v) is 11.9. The van der Waals surface area contributed by atoms with E-state index < -0.39 is 65.5 Å². The van der Waals surface area contributed by atoms with Crippen LogP contribution in [0.2, 0.25) is 0 Å². The highest BCUT2D eigenvalue weighted by Crippen LogP contribution is 2.45. The van der Waals surface area contributed by atoms with Gasteiger partial charge in [-0.2, -0.15) is 52.7 Å². The third-order valence-electron chi connectivity index (χ3n) is 5.55. The molecule has 0 bridgehead atoms. The van der Waals surface area contributed by atoms with E-state index in [1.54, 1.807) is 12.1 Å². The van der Waals surface area contributed by atoms with Gasteiger partial charge in [0.05, 0.1) is 33.2 Å². The molecule has 0 atom stereocenters. The number of fused-ring (bicyclic) bond motifs is 1. The molecule has 1 aromatic heterocycles. The SMILES string of the molecule is FC(F)(F)c1ccc(P(c2ccc3ccccc3n2)c2ccc(C(F)(F)F)cc2C(F)(F)F)c(C(F)(F)F)c1. The Morgan fingerprint density at radius 2 is 0.949 bits per heavy atom. The molecular weight excluding hydrogens is 573 g/mol. The van der Waals surface area contributed by atoms with Crippen molar-refractivity contribution in [3.05, 3.63) is 95.1 Å². The summed E-state index contributed by atoms with van der Waals surface area (Å²) in [5.74, 6) is 0. The van der Waals surface area contributed by atoms with Gasteiger partial charge >= 0.3 is 24.7 Å². The van der Waals surface area contributed by atoms with Crippen LogP contribution in [0.5, 0.6) is 0 Å². The number of halogens is 12. The van der Waals surface area contributed by atoms with Crippen molar-refractivity contribution in [2.75, 3.05) is 0 Å². The van der Waals surface area contributed by atoms with Crippen LogP contribution < -0.4 is 16.0 Å². The number of alkyl halides is 12. The summed E-state index contributed by atoms with van der Waals surface area (Å²) in [5, 5.41) is -1.53. The Balaban J connectivity index is 2.11. The van der Waals surface area contributed by atoms with Crippen LogP contribution in [0.1, 0.15) is 22.3 Å². The molecule has 3 aromatic carbocycles. The van der Waals surface area contributed by atoms with E-state index >= 15 is 0 Å². The number of pyridine rings is 1. The van der Waals surface area contributed by atoms with Crippen LogP contribution in [-0.2, 0) is 24.7 Å². The average Bonchev–Trinajstić information content (AvgIpc) is 2.82. The summed E-state index contributed by atoms with van der Waals surface area (Å²) in [6.07, 6.45) is -21.3. The van der Waals surface area contributed by atoms with Crippen molar-refractivity contribution in [1.82, 2.24) is 4.98 Å². The Hall–Kier alpha value is -3.34. The Morgan fingerprint density at radius 3 is 1.38 bits per heavy atom. The molecule has 0 aliphatic carbocycles. The van der Waals surface area contributed by atoms with Gasteiger partial charge in [0.2, 0.25) is 0 Å². The molecule has 1 heterocycles. The Bertz CT molecular complexity index is 1440. The van der Waals surface area contributed by atoms with E-state index in [-0.39, 0.29) is 35.2 Å². The molecule has 0 unspecified atom stereocenters. The molecule has 4 rings (SSSR count). The van der Waals surface area contributed by atoms with Crippen LogP contribution in [0.15, 0.2) is 72.8 Å². The fourth-order valence-corrected chi connectivity index (χ4v) is 6.32. The molecule has 0 aliphatic heterocycles. The first-order valence-electron chi connectivity index (χ1n) is 10.6. The molecule has 4 aromatic rings. The highest BCUT2D eigenvalue weighted by Gasteiger charge is 2.44. The molecule has 39 heavy (non-hydrogen) atoms. The zero-order chi connectivity index (χ0) is 29.0. The van der Waals surface area contributed by atoms with Gasteiger partial charge in [-0.1, -0.05) is 36.4 Å². The molecule has 0 N–H and O–H groups in total. The van der Waals surface area contributed by atoms with Gasteiger partial charge in [-0.15, -0.1) is 0 Å². The van der Waals surface area contributed by atoms with Gasteiger partial charge in [-0.3, -0.25) is 0 Å². The standard InChI is InChI=1S/C25H12F12NP/c26-22(27,28)14-6-8-19(16(11-14)24(32,33)34)39(21-10-5-13-3-1-2-4-18(13)38-21)20-9-7-15(23(29,30)31)12-17(20)25(35,36)37/h1-12H. The van der Waals surface area contributed by atoms with Crippen LogP contribution in [0, 0.1) is 0 Å². The summed E-state index contributed by atoms with van der Waals surface area (Å²) in [4.78, 5) is 4.17. The third-order valence-corrected chi connectivity index (χ3v) is 8.00. The lowest BCUT2D eigenvalue weighted by Gasteiger charge is -2.26. The quantitative estimate of drug-likeness (QED) is 0.175. The molecule has 0 spiro atoms. The third kappa shape index (κ3) is 5.98. The maximum Gasteiger partial charge on any atom is 0.417 e. The van der Waals surface area contributed by atoms with Crippen molar-refractivity contribution in [2.45, 2.75) is 24.7 Å². The van der Waals surface area contributed by atoms with Crippen LogP contribution in [0.25, 0.3) is 10.9 Å². The predicted octanol–water partition coefficient (Wildman–Crippen LogP) is 8.07. The maximum absolute atomic E-state index is 14.1. The number of benzene rings is 3. The van der Waals surface area contributed by atoms with Gasteiger partial charge in [0.15, 0.2) is 0 Å². The van der Waals surface area contributed by atoms with E-state index in [2.05, 4.69) is 4.98 Å². The second kappa shape index (κ2) is 9.69. The minimum atomic E-state index is -5.46. The zero-order valence-electron chi connectivity index (χ0n) is 18.9. The predicted molar refractivity (Wildman–Crippen MR) is 120 cm³/mol. The Labute approximate surface area is 212 Å². The highest BCUT2D eigenvalue weighted by molar-refractivity contribution is 7.79. The molecular formula is C25H12F12NP. The fraction of sp³-hybridized carbons (Fsp3) is 0.160. The highest BCUT2D eigenvalue weighted by atomic mass is 31.1. The monoisotopic (exact) mass is 585 g/mol. The number of rotatable bonds is 3. The molecule has 0 radical (unpaired) electrons. The molecule has 0 fully saturated rings. The van der Waals surface area contributed by atoms with E-state index in [9.17, 15) is 52.7 Å². The largest absolute Gasteiger partial charge is 0.417 e. The fourth-order valence-electron chi connectivity index (χ4n) is 3.83. The molecule has 206 valence electrons. The number of nitrogens with zero attached hydrogens (tertiary/aromatic N) is 1. The lowest BCUT2D eigenvalue weighted by atomic mass is 10.1. The Kier molecular flexibility index (Phi) is 7.12. The van der Waals surface area contributed by atoms with Crippen LogP contribution in [0.4, 0.5) is 52.7 Å². The van der Waals surface area contributed by atoms with E-state index in [1.807, 2.05) is 0 Å². The van der Waals surface area contributed by atoms with Gasteiger partial charge in [0.1, 0.15) is 0 Å². The summed E-state index contributed by atoms with van der Waals surface area (Å²) in [5.41, 5.74) is -7.42. The lowest BCUT2D eigenvalue weighted by Crippen LogP contribution is -2.32. The second-order valence-corrected chi connectivity index (χ2v) is 10.2. The van der Waals surface area contributed by atoms with Crippen LogP contribution in [0.3, 0.4) is 0 Å². The first-order chi connectivity index (χ1) is 17.9. The van der Waals surface area contributed by atoms with Gasteiger partial charge in [0, 0.05) is 13.3 Å². The Morgan fingerprint density at radius 1 is 0.487 bits per heavy atom. The van der Waals surface area contributed by atoms with Crippen molar-refractivity contribution < 1.29 is 52.7 Å². The number of hydrogen-bond acceptors (Lipinski definition) is 1. The minimum absolute atomic E-state index is 0.142. The molecule has 0 saturated heterocycles. The van der Waals surface area contributed by atoms with Crippen molar-refractivity contribution in [2.24, 2.45) is 0 Å². The topological polar surface area (TPSA) is 12.9 Å². The van der Waals surface area contributed by atoms with Crippen LogP contribution >= 0.6 is 7.92 Å².